The number of likely N-dealkylation sites (N-methyl/N-ethyl adjacent to an activating group) is 1. The maximum Gasteiger partial charge on any atom is 0.331 e. The third kappa shape index (κ3) is 8.18. The van der Waals surface area contributed by atoms with E-state index in [2.05, 4.69) is 90.8 Å². The molecule has 20 atom stereocenters. The molecule has 11 aliphatic carbocycles. The Morgan fingerprint density at radius 2 is 1.57 bits per heavy atom. The lowest BCUT2D eigenvalue weighted by Gasteiger charge is -2.74. The highest BCUT2D eigenvalue weighted by molar-refractivity contribution is 5.86. The number of benzene rings is 3. The lowest BCUT2D eigenvalue weighted by atomic mass is 9.33. The van der Waals surface area contributed by atoms with Gasteiger partial charge in [0.25, 0.3) is 0 Å². The first-order chi connectivity index (χ1) is 39.1. The summed E-state index contributed by atoms with van der Waals surface area (Å²) in [6.45, 7) is 2.31. The Morgan fingerprint density at radius 3 is 2.32 bits per heavy atom. The summed E-state index contributed by atoms with van der Waals surface area (Å²) in [5.74, 6) is 7.02. The fraction of sp³-hybridized carbons (Fsp3) is 0.667. The number of rotatable bonds is 10. The van der Waals surface area contributed by atoms with Crippen molar-refractivity contribution in [2.75, 3.05) is 7.05 Å². The van der Waals surface area contributed by atoms with Crippen LogP contribution in [0.2, 0.25) is 0 Å². The predicted molar refractivity (Wildman–Crippen MR) is 312 cm³/mol. The summed E-state index contributed by atoms with van der Waals surface area (Å²) in [4.78, 5) is 29.6. The highest BCUT2D eigenvalue weighted by Crippen LogP contribution is 2.80. The molecule has 6 N–H and O–H groups in total. The number of ether oxygens (including phenoxy) is 1. The first-order valence-electron chi connectivity index (χ1n) is 32.4. The maximum absolute atomic E-state index is 15.4. The molecule has 12 aliphatic rings. The minimum atomic E-state index is -1.79. The summed E-state index contributed by atoms with van der Waals surface area (Å²) in [5, 5.41) is 73.1. The van der Waals surface area contributed by atoms with Crippen LogP contribution in [-0.2, 0) is 40.2 Å². The fourth-order valence-corrected chi connectivity index (χ4v) is 23.2. The molecule has 15 rings (SSSR count). The molecule has 9 heteroatoms. The number of hydrogen-bond donors (Lipinski definition) is 6. The first kappa shape index (κ1) is 54.8. The monoisotopic (exact) mass is 1100 g/mol. The topological polar surface area (TPSA) is 157 Å². The van der Waals surface area contributed by atoms with Gasteiger partial charge in [0.05, 0.1) is 29.3 Å². The van der Waals surface area contributed by atoms with Crippen molar-refractivity contribution in [3.8, 4) is 11.8 Å². The molecule has 9 saturated carbocycles. The van der Waals surface area contributed by atoms with Crippen LogP contribution < -0.4 is 5.32 Å². The zero-order chi connectivity index (χ0) is 55.7. The number of aliphatic hydroxyl groups excluding tert-OH is 2. The maximum atomic E-state index is 15.4. The summed E-state index contributed by atoms with van der Waals surface area (Å²) in [7, 11) is 1.98. The molecule has 81 heavy (non-hydrogen) atoms. The molecule has 0 aromatic heterocycles. The van der Waals surface area contributed by atoms with Crippen LogP contribution >= 0.6 is 0 Å². The van der Waals surface area contributed by atoms with Crippen molar-refractivity contribution in [1.82, 2.24) is 5.32 Å². The van der Waals surface area contributed by atoms with Crippen molar-refractivity contribution >= 4 is 12.3 Å². The molecule has 3 aromatic rings. The number of esters is 1. The number of carbonyl (C=O) groups excluding carboxylic acids is 2. The van der Waals surface area contributed by atoms with Gasteiger partial charge in [0.15, 0.2) is 0 Å². The van der Waals surface area contributed by atoms with Crippen LogP contribution in [0.25, 0.3) is 0 Å². The molecule has 1 heterocycles. The Balaban J connectivity index is 0.939. The summed E-state index contributed by atoms with van der Waals surface area (Å²) in [6, 6.07) is 27.3. The van der Waals surface area contributed by atoms with Crippen LogP contribution in [0, 0.1) is 98.6 Å². The number of aryl methyl sites for hydroxylation is 1. The summed E-state index contributed by atoms with van der Waals surface area (Å²) in [6.07, 6.45) is 20.0. The molecule has 0 unspecified atom stereocenters. The second-order valence-electron chi connectivity index (χ2n) is 29.7. The van der Waals surface area contributed by atoms with E-state index in [9.17, 15) is 20.1 Å². The molecule has 0 radical (unpaired) electrons. The Bertz CT molecular complexity index is 2980. The fourth-order valence-electron chi connectivity index (χ4n) is 23.2. The third-order valence-electron chi connectivity index (χ3n) is 26.5. The van der Waals surface area contributed by atoms with E-state index in [1.165, 1.54) is 36.8 Å². The van der Waals surface area contributed by atoms with E-state index in [4.69, 9.17) is 4.74 Å². The van der Waals surface area contributed by atoms with Gasteiger partial charge in [0, 0.05) is 46.3 Å². The Kier molecular flexibility index (Phi) is 13.7. The van der Waals surface area contributed by atoms with Crippen molar-refractivity contribution in [2.24, 2.45) is 86.8 Å². The van der Waals surface area contributed by atoms with Crippen molar-refractivity contribution in [3.63, 3.8) is 0 Å². The number of hydrogen-bond acceptors (Lipinski definition) is 9. The van der Waals surface area contributed by atoms with E-state index in [1.54, 1.807) is 6.08 Å². The number of fused-ring (bicyclic) bond motifs is 4. The average Bonchev–Trinajstić information content (AvgIpc) is 2.76. The zero-order valence-electron chi connectivity index (χ0n) is 48.4. The number of aldehydes is 1. The number of aliphatic hydroxyl groups is 5. The lowest BCUT2D eigenvalue weighted by molar-refractivity contribution is -0.356. The third-order valence-corrected chi connectivity index (χ3v) is 26.5. The Labute approximate surface area is 481 Å². The van der Waals surface area contributed by atoms with Crippen LogP contribution in [0.3, 0.4) is 0 Å². The molecular weight excluding hydrogens is 1010 g/mol. The molecule has 0 saturated heterocycles. The van der Waals surface area contributed by atoms with Gasteiger partial charge in [0.1, 0.15) is 18.0 Å². The van der Waals surface area contributed by atoms with Crippen molar-refractivity contribution in [3.05, 3.63) is 118 Å². The molecule has 3 spiro atoms. The second kappa shape index (κ2) is 20.3. The molecule has 3 aromatic carbocycles. The molecule has 432 valence electrons. The summed E-state index contributed by atoms with van der Waals surface area (Å²) >= 11 is 0. The SMILES string of the molecule is CN[C@@H]1Cc2c(cccc2CO)C#C[C@]2(CC[C@@H](Cc3ccccc3)C2)C[C@]23CC[C@H]4[C@@](O)(C[C@@H]5C[C@H]([C@@H](C)C6CCCC6)CC[C@@H]6[C@@H](O)[C@]7(CC[C@@H](CCc8ccccc8)C7)C[C@@]4(C=O)[C@]56O)[C@@]2(O)C[C@@H]2C[C@H]1[C@@H]1OC(=O)C=C1[C@@H]23. The first-order valence-corrected chi connectivity index (χ1v) is 32.4. The van der Waals surface area contributed by atoms with Gasteiger partial charge in [0.2, 0.25) is 0 Å². The largest absolute Gasteiger partial charge is 0.454 e. The van der Waals surface area contributed by atoms with Gasteiger partial charge in [-0.15, -0.1) is 0 Å². The van der Waals surface area contributed by atoms with Gasteiger partial charge in [-0.3, -0.25) is 0 Å². The van der Waals surface area contributed by atoms with E-state index >= 15 is 15.0 Å². The van der Waals surface area contributed by atoms with Gasteiger partial charge in [-0.05, 0) is 222 Å². The molecule has 9 nitrogen and oxygen atoms in total. The summed E-state index contributed by atoms with van der Waals surface area (Å²) < 4.78 is 6.55. The molecule has 1 aliphatic heterocycles. The Morgan fingerprint density at radius 1 is 0.802 bits per heavy atom. The van der Waals surface area contributed by atoms with Crippen LogP contribution in [0.5, 0.6) is 0 Å². The van der Waals surface area contributed by atoms with Gasteiger partial charge in [-0.25, -0.2) is 4.79 Å². The quantitative estimate of drug-likeness (QED) is 0.0661. The van der Waals surface area contributed by atoms with E-state index in [0.29, 0.717) is 81.5 Å². The van der Waals surface area contributed by atoms with Gasteiger partial charge < -0.3 is 40.4 Å². The van der Waals surface area contributed by atoms with Crippen LogP contribution in [0.15, 0.2) is 90.5 Å². The lowest BCUT2D eigenvalue weighted by Crippen LogP contribution is -2.82. The molecular formula is C72H91NO8. The molecule has 9 fully saturated rings. The van der Waals surface area contributed by atoms with Gasteiger partial charge in [-0.1, -0.05) is 117 Å². The van der Waals surface area contributed by atoms with Crippen molar-refractivity contribution in [1.29, 1.82) is 0 Å². The van der Waals surface area contributed by atoms with Gasteiger partial charge in [-0.2, -0.15) is 0 Å². The van der Waals surface area contributed by atoms with Crippen LogP contribution in [0.1, 0.15) is 170 Å². The van der Waals surface area contributed by atoms with Crippen molar-refractivity contribution < 1.29 is 39.9 Å². The highest BCUT2D eigenvalue weighted by atomic mass is 16.5. The van der Waals surface area contributed by atoms with Crippen LogP contribution in [0.4, 0.5) is 0 Å². The van der Waals surface area contributed by atoms with Crippen molar-refractivity contribution in [2.45, 2.75) is 203 Å². The smallest absolute Gasteiger partial charge is 0.331 e. The summed E-state index contributed by atoms with van der Waals surface area (Å²) in [5.41, 5.74) is -2.39. The van der Waals surface area contributed by atoms with E-state index in [-0.39, 0.29) is 48.7 Å². The van der Waals surface area contributed by atoms with Crippen LogP contribution in [-0.4, -0.2) is 79.9 Å². The normalized spacial score (nSPS) is 45.2. The molecule has 4 bridgehead atoms. The zero-order valence-corrected chi connectivity index (χ0v) is 48.4. The average molecular weight is 1100 g/mol. The highest BCUT2D eigenvalue weighted by Gasteiger charge is 2.85. The van der Waals surface area contributed by atoms with E-state index in [0.717, 1.165) is 92.8 Å². The predicted octanol–water partition coefficient (Wildman–Crippen LogP) is 10.8. The standard InChI is InChI=1S/C72H91NO8/c1-45(50-16-9-10-17-50)52-22-23-59-65(77)67(30-25-48(38-67)21-20-46-12-5-3-6-13-46)43-69(44-75)61-27-31-68-42-66(28-24-49(37-66)32-47-14-7-4-8-15-47)29-26-51-18-11-19-53(41-74)56(51)35-60(73-2)57-34-54(63(68)58-36-62(76)81-64(57)58)39-71(68,79)70(61,78)40-55(33-52)72(59,69)80/h3-8,11-15,18-19,36,44-45,48-50,52,54-55,57,59-61,63-65,73-74,77-80H,9-10,16-17,20-25,27-28,30-35,37-43H2,1-2H3/t45-,48+,49-,52+,54-,55-,57+,59+,60+,61+,63+,64-,65+,66-,67-,68-,69-,70-,71+,72-/m0/s1. The minimum Gasteiger partial charge on any atom is -0.454 e. The minimum absolute atomic E-state index is 0.116. The van der Waals surface area contributed by atoms with Gasteiger partial charge >= 0.3 is 5.97 Å². The second-order valence-corrected chi connectivity index (χ2v) is 29.7. The van der Waals surface area contributed by atoms with E-state index in [1.807, 2.05) is 19.2 Å². The number of nitrogens with one attached hydrogen (secondary N) is 1. The number of carbonyl (C=O) groups is 2. The Hall–Kier alpha value is -4.14. The molecule has 0 amide bonds. The van der Waals surface area contributed by atoms with E-state index < -0.39 is 68.4 Å².